The SMILES string of the molecule is COc1cc(OC)cc(C(=O)NCC(=O)Nc2cccc(Cl)c2)c1. The first-order chi connectivity index (χ1) is 11.5. The number of hydrogen-bond acceptors (Lipinski definition) is 4. The van der Waals surface area contributed by atoms with Crippen molar-refractivity contribution in [3.8, 4) is 11.5 Å². The average Bonchev–Trinajstić information content (AvgIpc) is 2.59. The molecular formula is C17H17ClN2O4. The monoisotopic (exact) mass is 348 g/mol. The van der Waals surface area contributed by atoms with Gasteiger partial charge in [-0.2, -0.15) is 0 Å². The molecule has 2 N–H and O–H groups in total. The van der Waals surface area contributed by atoms with Crippen molar-refractivity contribution < 1.29 is 19.1 Å². The minimum Gasteiger partial charge on any atom is -0.497 e. The summed E-state index contributed by atoms with van der Waals surface area (Å²) in [5, 5.41) is 5.70. The van der Waals surface area contributed by atoms with Crippen molar-refractivity contribution in [3.05, 3.63) is 53.1 Å². The molecule has 2 aromatic carbocycles. The molecular weight excluding hydrogens is 332 g/mol. The van der Waals surface area contributed by atoms with Crippen LogP contribution in [0.5, 0.6) is 11.5 Å². The van der Waals surface area contributed by atoms with Gasteiger partial charge in [0.15, 0.2) is 0 Å². The maximum Gasteiger partial charge on any atom is 0.251 e. The number of carbonyl (C=O) groups is 2. The van der Waals surface area contributed by atoms with Crippen molar-refractivity contribution in [1.29, 1.82) is 0 Å². The predicted octanol–water partition coefficient (Wildman–Crippen LogP) is 2.73. The van der Waals surface area contributed by atoms with Crippen LogP contribution < -0.4 is 20.1 Å². The first-order valence-electron chi connectivity index (χ1n) is 7.08. The number of benzene rings is 2. The molecule has 0 unspecified atom stereocenters. The highest BCUT2D eigenvalue weighted by atomic mass is 35.5. The molecule has 0 saturated carbocycles. The molecule has 0 fully saturated rings. The summed E-state index contributed by atoms with van der Waals surface area (Å²) in [7, 11) is 2.99. The molecule has 0 saturated heterocycles. The summed E-state index contributed by atoms with van der Waals surface area (Å²) in [6.07, 6.45) is 0. The lowest BCUT2D eigenvalue weighted by Gasteiger charge is -2.10. The maximum absolute atomic E-state index is 12.2. The fraction of sp³-hybridized carbons (Fsp3) is 0.176. The Hall–Kier alpha value is -2.73. The largest absolute Gasteiger partial charge is 0.497 e. The van der Waals surface area contributed by atoms with E-state index >= 15 is 0 Å². The van der Waals surface area contributed by atoms with Crippen molar-refractivity contribution in [2.75, 3.05) is 26.1 Å². The summed E-state index contributed by atoms with van der Waals surface area (Å²) in [6.45, 7) is -0.176. The molecule has 0 aliphatic rings. The molecule has 0 spiro atoms. The van der Waals surface area contributed by atoms with Crippen LogP contribution in [-0.4, -0.2) is 32.6 Å². The van der Waals surface area contributed by atoms with E-state index in [1.54, 1.807) is 42.5 Å². The number of carbonyl (C=O) groups excluding carboxylic acids is 2. The van der Waals surface area contributed by atoms with Crippen LogP contribution in [0.25, 0.3) is 0 Å². The summed E-state index contributed by atoms with van der Waals surface area (Å²) in [5.41, 5.74) is 0.895. The number of amides is 2. The van der Waals surface area contributed by atoms with Gasteiger partial charge in [0, 0.05) is 22.3 Å². The van der Waals surface area contributed by atoms with Gasteiger partial charge >= 0.3 is 0 Å². The smallest absolute Gasteiger partial charge is 0.251 e. The molecule has 0 radical (unpaired) electrons. The van der Waals surface area contributed by atoms with Crippen LogP contribution in [0.1, 0.15) is 10.4 Å². The van der Waals surface area contributed by atoms with E-state index in [4.69, 9.17) is 21.1 Å². The minimum absolute atomic E-state index is 0.176. The van der Waals surface area contributed by atoms with Crippen molar-refractivity contribution in [2.45, 2.75) is 0 Å². The molecule has 0 bridgehead atoms. The number of ether oxygens (including phenoxy) is 2. The van der Waals surface area contributed by atoms with Gasteiger partial charge in [0.2, 0.25) is 5.91 Å². The highest BCUT2D eigenvalue weighted by Gasteiger charge is 2.11. The van der Waals surface area contributed by atoms with Crippen molar-refractivity contribution in [2.24, 2.45) is 0 Å². The van der Waals surface area contributed by atoms with E-state index in [1.165, 1.54) is 14.2 Å². The normalized spacial score (nSPS) is 9.96. The third-order valence-corrected chi connectivity index (χ3v) is 3.37. The van der Waals surface area contributed by atoms with Gasteiger partial charge in [-0.25, -0.2) is 0 Å². The minimum atomic E-state index is -0.409. The van der Waals surface area contributed by atoms with Crippen LogP contribution in [-0.2, 0) is 4.79 Å². The summed E-state index contributed by atoms with van der Waals surface area (Å²) in [6, 6.07) is 11.5. The average molecular weight is 349 g/mol. The summed E-state index contributed by atoms with van der Waals surface area (Å²) in [5.74, 6) is 0.208. The number of rotatable bonds is 6. The van der Waals surface area contributed by atoms with Gasteiger partial charge in [0.05, 0.1) is 20.8 Å². The van der Waals surface area contributed by atoms with Crippen molar-refractivity contribution >= 4 is 29.1 Å². The van der Waals surface area contributed by atoms with Crippen LogP contribution >= 0.6 is 11.6 Å². The van der Waals surface area contributed by atoms with E-state index in [0.717, 1.165) is 0 Å². The Kier molecular flexibility index (Phi) is 6.03. The van der Waals surface area contributed by atoms with Gasteiger partial charge < -0.3 is 20.1 Å². The maximum atomic E-state index is 12.2. The number of halogens is 1. The molecule has 2 amide bonds. The van der Waals surface area contributed by atoms with Crippen molar-refractivity contribution in [1.82, 2.24) is 5.32 Å². The molecule has 0 aliphatic heterocycles. The van der Waals surface area contributed by atoms with E-state index in [9.17, 15) is 9.59 Å². The third-order valence-electron chi connectivity index (χ3n) is 3.13. The lowest BCUT2D eigenvalue weighted by Crippen LogP contribution is -2.32. The number of hydrogen-bond donors (Lipinski definition) is 2. The fourth-order valence-corrected chi connectivity index (χ4v) is 2.16. The Morgan fingerprint density at radius 2 is 1.71 bits per heavy atom. The molecule has 0 heterocycles. The lowest BCUT2D eigenvalue weighted by molar-refractivity contribution is -0.115. The van der Waals surface area contributed by atoms with Gasteiger partial charge in [0.25, 0.3) is 5.91 Å². The highest BCUT2D eigenvalue weighted by Crippen LogP contribution is 2.22. The molecule has 2 aromatic rings. The van der Waals surface area contributed by atoms with Crippen LogP contribution in [0.2, 0.25) is 5.02 Å². The Bertz CT molecular complexity index is 727. The fourth-order valence-electron chi connectivity index (χ4n) is 1.97. The zero-order valence-electron chi connectivity index (χ0n) is 13.3. The van der Waals surface area contributed by atoms with Gasteiger partial charge in [-0.05, 0) is 30.3 Å². The van der Waals surface area contributed by atoms with Gasteiger partial charge in [-0.15, -0.1) is 0 Å². The molecule has 126 valence electrons. The lowest BCUT2D eigenvalue weighted by atomic mass is 10.2. The summed E-state index contributed by atoms with van der Waals surface area (Å²) >= 11 is 5.85. The molecule has 2 rings (SSSR count). The Morgan fingerprint density at radius 3 is 2.29 bits per heavy atom. The van der Waals surface area contributed by atoms with Gasteiger partial charge in [0.1, 0.15) is 11.5 Å². The second kappa shape index (κ2) is 8.21. The molecule has 0 atom stereocenters. The second-order valence-electron chi connectivity index (χ2n) is 4.84. The Balaban J connectivity index is 1.96. The van der Waals surface area contributed by atoms with Crippen LogP contribution in [0.3, 0.4) is 0 Å². The van der Waals surface area contributed by atoms with Crippen LogP contribution in [0, 0.1) is 0 Å². The Labute approximate surface area is 144 Å². The molecule has 0 aliphatic carbocycles. The molecule has 0 aromatic heterocycles. The molecule has 24 heavy (non-hydrogen) atoms. The number of anilines is 1. The van der Waals surface area contributed by atoms with E-state index in [-0.39, 0.29) is 12.5 Å². The first kappa shape index (κ1) is 17.6. The topological polar surface area (TPSA) is 76.7 Å². The molecule has 7 heteroatoms. The van der Waals surface area contributed by atoms with E-state index in [1.807, 2.05) is 0 Å². The summed E-state index contributed by atoms with van der Waals surface area (Å²) < 4.78 is 10.2. The number of methoxy groups -OCH3 is 2. The second-order valence-corrected chi connectivity index (χ2v) is 5.28. The predicted molar refractivity (Wildman–Crippen MR) is 92.0 cm³/mol. The summed E-state index contributed by atoms with van der Waals surface area (Å²) in [4.78, 5) is 24.1. The highest BCUT2D eigenvalue weighted by molar-refractivity contribution is 6.30. The van der Waals surface area contributed by atoms with Crippen molar-refractivity contribution in [3.63, 3.8) is 0 Å². The van der Waals surface area contributed by atoms with Gasteiger partial charge in [-0.3, -0.25) is 9.59 Å². The zero-order chi connectivity index (χ0) is 17.5. The van der Waals surface area contributed by atoms with Crippen LogP contribution in [0.15, 0.2) is 42.5 Å². The quantitative estimate of drug-likeness (QED) is 0.841. The van der Waals surface area contributed by atoms with E-state index in [2.05, 4.69) is 10.6 Å². The van der Waals surface area contributed by atoms with Gasteiger partial charge in [-0.1, -0.05) is 17.7 Å². The van der Waals surface area contributed by atoms with E-state index < -0.39 is 5.91 Å². The van der Waals surface area contributed by atoms with Crippen LogP contribution in [0.4, 0.5) is 5.69 Å². The first-order valence-corrected chi connectivity index (χ1v) is 7.46. The standard InChI is InChI=1S/C17H17ClN2O4/c1-23-14-6-11(7-15(9-14)24-2)17(22)19-10-16(21)20-13-5-3-4-12(18)8-13/h3-9H,10H2,1-2H3,(H,19,22)(H,20,21). The third kappa shape index (κ3) is 4.89. The van der Waals surface area contributed by atoms with E-state index in [0.29, 0.717) is 27.8 Å². The zero-order valence-corrected chi connectivity index (χ0v) is 14.0. The number of nitrogens with one attached hydrogen (secondary N) is 2. The Morgan fingerprint density at radius 1 is 1.04 bits per heavy atom. The molecule has 6 nitrogen and oxygen atoms in total.